The number of benzene rings is 6. The predicted octanol–water partition coefficient (Wildman–Crippen LogP) is 22.0. The zero-order chi connectivity index (χ0) is 76.6. The topological polar surface area (TPSA) is 26.9 Å². The summed E-state index contributed by atoms with van der Waals surface area (Å²) in [6.07, 6.45) is -23.7. The molecule has 0 radical (unpaired) electrons. The van der Waals surface area contributed by atoms with Crippen molar-refractivity contribution in [2.24, 2.45) is 0 Å². The Bertz CT molecular complexity index is 3920. The summed E-state index contributed by atoms with van der Waals surface area (Å²) >= 11 is 0. The number of nitrogens with zero attached hydrogens (tertiary/aromatic N) is 1. The second-order valence-electron chi connectivity index (χ2n) is 21.3. The third-order valence-electron chi connectivity index (χ3n) is 15.0. The molecule has 0 saturated carbocycles. The van der Waals surface area contributed by atoms with Crippen LogP contribution in [0.15, 0.2) is 158 Å². The molecule has 0 bridgehead atoms. The van der Waals surface area contributed by atoms with Crippen LogP contribution in [0.4, 0.5) is 171 Å². The molecule has 0 N–H and O–H groups in total. The van der Waals surface area contributed by atoms with Gasteiger partial charge in [0.25, 0.3) is 0 Å². The van der Waals surface area contributed by atoms with E-state index in [0.29, 0.717) is 16.7 Å². The minimum atomic E-state index is -8.49. The van der Waals surface area contributed by atoms with E-state index in [1.807, 2.05) is 0 Å². The van der Waals surface area contributed by atoms with Crippen molar-refractivity contribution < 1.29 is 181 Å². The van der Waals surface area contributed by atoms with Gasteiger partial charge in [0, 0.05) is 52.1 Å². The van der Waals surface area contributed by atoms with Gasteiger partial charge in [0.2, 0.25) is 17.1 Å². The zero-order valence-electron chi connectivity index (χ0n) is 47.1. The van der Waals surface area contributed by atoms with Gasteiger partial charge in [0.1, 0.15) is 0 Å². The normalized spacial score (nSPS) is 14.8. The van der Waals surface area contributed by atoms with Crippen molar-refractivity contribution in [3.05, 3.63) is 174 Å². The van der Waals surface area contributed by atoms with E-state index >= 15 is 52.7 Å². The van der Waals surface area contributed by atoms with Gasteiger partial charge < -0.3 is 5.11 Å². The first kappa shape index (κ1) is 78.9. The molecular formula is C59H26F39NO. The van der Waals surface area contributed by atoms with Crippen molar-refractivity contribution in [1.29, 1.82) is 0 Å². The van der Waals surface area contributed by atoms with Crippen molar-refractivity contribution in [3.8, 4) is 67.3 Å². The Hall–Kier alpha value is -8.46. The molecule has 1 heterocycles. The lowest BCUT2D eigenvalue weighted by molar-refractivity contribution is -0.572. The Morgan fingerprint density at radius 3 is 0.660 bits per heavy atom. The summed E-state index contributed by atoms with van der Waals surface area (Å²) in [6.45, 7) is 0. The van der Waals surface area contributed by atoms with Gasteiger partial charge in [-0.3, -0.25) is 0 Å². The van der Waals surface area contributed by atoms with E-state index in [1.165, 1.54) is 36.4 Å². The molecular weight excluding hydrogens is 1480 g/mol. The lowest BCUT2D eigenvalue weighted by atomic mass is 9.89. The fraction of sp³-hybridized carbons (Fsp3) is 0.305. The molecule has 546 valence electrons. The molecule has 0 amide bonds. The third-order valence-corrected chi connectivity index (χ3v) is 15.0. The Balaban J connectivity index is 1.59. The lowest BCUT2D eigenvalue weighted by Crippen LogP contribution is -2.69. The molecule has 2 nitrogen and oxygen atoms in total. The van der Waals surface area contributed by atoms with Gasteiger partial charge in [-0.1, -0.05) is 115 Å². The number of halogens is 39. The number of hydrogen-bond acceptors (Lipinski definition) is 1. The van der Waals surface area contributed by atoms with Crippen LogP contribution < -0.4 is 9.67 Å². The summed E-state index contributed by atoms with van der Waals surface area (Å²) in [7, 11) is 0. The Morgan fingerprint density at radius 1 is 0.210 bits per heavy atom. The van der Waals surface area contributed by atoms with Crippen molar-refractivity contribution in [2.45, 2.75) is 107 Å². The molecule has 41 heteroatoms. The zero-order valence-corrected chi connectivity index (χ0v) is 47.1. The van der Waals surface area contributed by atoms with Crippen molar-refractivity contribution in [1.82, 2.24) is 0 Å². The molecule has 1 aromatic heterocycles. The minimum Gasteiger partial charge on any atom is -0.872 e. The van der Waals surface area contributed by atoms with E-state index < -0.39 is 217 Å². The number of hydrogen-bond donors (Lipinski definition) is 0. The van der Waals surface area contributed by atoms with E-state index in [0.717, 1.165) is 36.4 Å². The molecule has 0 saturated heterocycles. The predicted molar refractivity (Wildman–Crippen MR) is 264 cm³/mol. The molecule has 0 fully saturated rings. The Morgan fingerprint density at radius 2 is 0.430 bits per heavy atom. The number of alkyl halides is 39. The fourth-order valence-corrected chi connectivity index (χ4v) is 9.30. The largest absolute Gasteiger partial charge is 0.872 e. The van der Waals surface area contributed by atoms with Crippen LogP contribution in [-0.2, 0) is 17.8 Å². The van der Waals surface area contributed by atoms with Gasteiger partial charge in [-0.2, -0.15) is 176 Å². The van der Waals surface area contributed by atoms with Gasteiger partial charge in [0.05, 0.1) is 0 Å². The van der Waals surface area contributed by atoms with E-state index in [2.05, 4.69) is 0 Å². The maximum Gasteiger partial charge on any atom is 0.460 e. The molecule has 7 rings (SSSR count). The van der Waals surface area contributed by atoms with Gasteiger partial charge in [-0.05, 0) is 57.6 Å². The van der Waals surface area contributed by atoms with Crippen LogP contribution >= 0.6 is 0 Å². The smallest absolute Gasteiger partial charge is 0.460 e. The number of rotatable bonds is 21. The summed E-state index contributed by atoms with van der Waals surface area (Å²) in [5.41, 5.74) is -17.0. The van der Waals surface area contributed by atoms with E-state index in [1.54, 1.807) is 0 Å². The summed E-state index contributed by atoms with van der Waals surface area (Å²) in [5, 5.41) is 14.4. The molecule has 6 aromatic carbocycles. The molecule has 0 atom stereocenters. The minimum absolute atomic E-state index is 0.0611. The lowest BCUT2D eigenvalue weighted by Gasteiger charge is -2.39. The van der Waals surface area contributed by atoms with Gasteiger partial charge >= 0.3 is 107 Å². The first-order valence-electron chi connectivity index (χ1n) is 26.1. The van der Waals surface area contributed by atoms with E-state index in [-0.39, 0.29) is 47.5 Å². The average Bonchev–Trinajstić information content (AvgIpc) is 0.718. The quantitative estimate of drug-likeness (QED) is 0.0520. The maximum atomic E-state index is 15.7. The molecule has 0 spiro atoms. The van der Waals surface area contributed by atoms with Crippen LogP contribution in [0.25, 0.3) is 61.6 Å². The second kappa shape index (κ2) is 24.1. The van der Waals surface area contributed by atoms with Crippen molar-refractivity contribution in [2.75, 3.05) is 0 Å². The average molecular weight is 1510 g/mol. The molecule has 0 aliphatic carbocycles. The van der Waals surface area contributed by atoms with Crippen LogP contribution in [0, 0.1) is 0 Å². The van der Waals surface area contributed by atoms with Crippen LogP contribution in [0.5, 0.6) is 5.75 Å². The summed E-state index contributed by atoms with van der Waals surface area (Å²) in [5.74, 6) is -122. The number of aromatic nitrogens is 1. The summed E-state index contributed by atoms with van der Waals surface area (Å²) < 4.78 is 558. The molecule has 0 aliphatic heterocycles. The van der Waals surface area contributed by atoms with Gasteiger partial charge in [0.15, 0.2) is 0 Å². The van der Waals surface area contributed by atoms with Crippen LogP contribution in [0.1, 0.15) is 16.7 Å². The molecule has 100 heavy (non-hydrogen) atoms. The second-order valence-corrected chi connectivity index (χ2v) is 21.3. The summed E-state index contributed by atoms with van der Waals surface area (Å²) in [4.78, 5) is 0. The highest BCUT2D eigenvalue weighted by Crippen LogP contribution is 2.66. The van der Waals surface area contributed by atoms with Crippen molar-refractivity contribution in [3.63, 3.8) is 0 Å². The van der Waals surface area contributed by atoms with Gasteiger partial charge in [-0.15, -0.1) is 0 Å². The molecule has 0 aliphatic rings. The van der Waals surface area contributed by atoms with Crippen LogP contribution in [-0.4, -0.2) is 89.6 Å². The molecule has 0 unspecified atom stereocenters. The highest BCUT2D eigenvalue weighted by Gasteiger charge is 2.94. The third kappa shape index (κ3) is 11.5. The Kier molecular flexibility index (Phi) is 19.0. The van der Waals surface area contributed by atoms with E-state index in [4.69, 9.17) is 0 Å². The van der Waals surface area contributed by atoms with Gasteiger partial charge in [-0.25, -0.2) is 0 Å². The SMILES string of the molecule is [O-]c1c(-c2ccccc2)cc(-[n+]2c(-c3ccc(C(F)(F)C(F)(F)C(F)(F)C(F)(F)C(F)(F)C(F)(F)F)cc3)cc(-c3ccc(C(F)(F)C(F)(F)C(F)(F)C(F)(F)C(F)(F)C(F)(F)F)cc3)cc2-c2ccc(C(F)(F)C(F)(F)C(F)(F)C(F)(F)C(F)(F)C(F)(F)F)cc2)cc1-c1ccccc1. The Labute approximate surface area is 529 Å². The van der Waals surface area contributed by atoms with Crippen LogP contribution in [0.2, 0.25) is 0 Å². The van der Waals surface area contributed by atoms with Crippen molar-refractivity contribution >= 4 is 0 Å². The fourth-order valence-electron chi connectivity index (χ4n) is 9.30. The monoisotopic (exact) mass is 1510 g/mol. The first-order chi connectivity index (χ1) is 44.8. The van der Waals surface area contributed by atoms with Crippen LogP contribution in [0.3, 0.4) is 0 Å². The standard InChI is InChI=1S/C59H26F39NO/c60-42(61,45(66,67)48(72,73)51(78,79)54(84,85)57(90,91)92)33-17-11-27(12-18-33)32-23-39(30-13-19-34(20-14-30)43(62,63)46(68,69)49(74,75)52(80,81)55(86,87)58(93,94)95)99(36-25-37(28-7-3-1-4-8-28)41(100)38(26-36)29-9-5-2-6-10-29)40(24-32)31-15-21-35(22-16-31)44(64,65)47(70,71)50(76,77)53(82,83)56(88,89)59(96,97)98/h1-26H. The molecule has 7 aromatic rings. The van der Waals surface area contributed by atoms with E-state index in [9.17, 15) is 124 Å². The summed E-state index contributed by atoms with van der Waals surface area (Å²) in [6, 6.07) is 10.9. The first-order valence-corrected chi connectivity index (χ1v) is 26.1. The maximum absolute atomic E-state index is 15.7. The number of pyridine rings is 1. The highest BCUT2D eigenvalue weighted by molar-refractivity contribution is 5.84. The highest BCUT2D eigenvalue weighted by atomic mass is 19.5.